The van der Waals surface area contributed by atoms with Crippen molar-refractivity contribution < 1.29 is 8.42 Å². The molecule has 0 aliphatic rings. The predicted octanol–water partition coefficient (Wildman–Crippen LogP) is 1.41. The third kappa shape index (κ3) is 2.60. The number of hydrogen-bond donors (Lipinski definition) is 1. The van der Waals surface area contributed by atoms with Crippen LogP contribution in [0.25, 0.3) is 0 Å². The number of aromatic nitrogens is 1. The van der Waals surface area contributed by atoms with Gasteiger partial charge in [0.1, 0.15) is 4.90 Å². The Balaban J connectivity index is 3.27. The molecule has 1 rings (SSSR count). The Bertz CT molecular complexity index is 458. The van der Waals surface area contributed by atoms with Gasteiger partial charge < -0.3 is 4.57 Å². The first-order valence-electron chi connectivity index (χ1n) is 4.93. The topological polar surface area (TPSA) is 65.1 Å². The lowest BCUT2D eigenvalue weighted by Gasteiger charge is -2.11. The number of rotatable bonds is 3. The molecular weight excluding hydrogens is 212 g/mol. The Morgan fingerprint density at radius 1 is 1.40 bits per heavy atom. The molecule has 0 atom stereocenters. The summed E-state index contributed by atoms with van der Waals surface area (Å²) >= 11 is 0. The second-order valence-corrected chi connectivity index (χ2v) is 5.81. The number of hydrogen-bond acceptors (Lipinski definition) is 2. The molecule has 0 radical (unpaired) electrons. The molecule has 0 saturated carbocycles. The summed E-state index contributed by atoms with van der Waals surface area (Å²) in [6.07, 6.45) is 0. The smallest absolute Gasteiger partial charge is 0.239 e. The van der Waals surface area contributed by atoms with E-state index in [1.54, 1.807) is 13.0 Å². The van der Waals surface area contributed by atoms with E-state index in [2.05, 4.69) is 13.8 Å². The van der Waals surface area contributed by atoms with Gasteiger partial charge in [-0.15, -0.1) is 0 Å². The van der Waals surface area contributed by atoms with Crippen molar-refractivity contribution in [2.75, 3.05) is 0 Å². The highest BCUT2D eigenvalue weighted by Gasteiger charge is 2.17. The Labute approximate surface area is 91.1 Å². The van der Waals surface area contributed by atoms with E-state index in [0.717, 1.165) is 17.9 Å². The molecule has 86 valence electrons. The van der Waals surface area contributed by atoms with E-state index in [4.69, 9.17) is 5.14 Å². The summed E-state index contributed by atoms with van der Waals surface area (Å²) in [5, 5.41) is 5.13. The zero-order valence-electron chi connectivity index (χ0n) is 9.61. The second kappa shape index (κ2) is 3.98. The van der Waals surface area contributed by atoms with Crippen molar-refractivity contribution in [2.24, 2.45) is 11.1 Å². The lowest BCUT2D eigenvalue weighted by atomic mass is 10.2. The number of nitrogens with two attached hydrogens (primary N) is 1. The van der Waals surface area contributed by atoms with Crippen molar-refractivity contribution in [3.05, 3.63) is 17.5 Å². The molecule has 0 bridgehead atoms. The Hall–Kier alpha value is -0.810. The number of aryl methyl sites for hydroxylation is 1. The maximum atomic E-state index is 11.3. The van der Waals surface area contributed by atoms with Crippen molar-refractivity contribution in [3.63, 3.8) is 0 Å². The maximum Gasteiger partial charge on any atom is 0.239 e. The van der Waals surface area contributed by atoms with Gasteiger partial charge in [-0.2, -0.15) is 0 Å². The van der Waals surface area contributed by atoms with Crippen LogP contribution in [-0.2, 0) is 16.6 Å². The Morgan fingerprint density at radius 3 is 2.27 bits per heavy atom. The van der Waals surface area contributed by atoms with Gasteiger partial charge in [-0.1, -0.05) is 13.8 Å². The van der Waals surface area contributed by atoms with Crippen LogP contribution in [0, 0.1) is 19.8 Å². The van der Waals surface area contributed by atoms with E-state index < -0.39 is 10.0 Å². The predicted molar refractivity (Wildman–Crippen MR) is 60.1 cm³/mol. The third-order valence-corrected chi connectivity index (χ3v) is 3.41. The van der Waals surface area contributed by atoms with Crippen LogP contribution in [0.4, 0.5) is 0 Å². The van der Waals surface area contributed by atoms with Crippen molar-refractivity contribution in [1.29, 1.82) is 0 Å². The lowest BCUT2D eigenvalue weighted by Crippen LogP contribution is -2.14. The van der Waals surface area contributed by atoms with Crippen LogP contribution in [0.5, 0.6) is 0 Å². The first-order valence-corrected chi connectivity index (χ1v) is 6.47. The summed E-state index contributed by atoms with van der Waals surface area (Å²) in [5.41, 5.74) is 1.66. The first-order chi connectivity index (χ1) is 6.73. The molecule has 1 aromatic heterocycles. The van der Waals surface area contributed by atoms with Crippen LogP contribution >= 0.6 is 0 Å². The minimum Gasteiger partial charge on any atom is -0.348 e. The second-order valence-electron chi connectivity index (χ2n) is 4.28. The zero-order chi connectivity index (χ0) is 11.8. The largest absolute Gasteiger partial charge is 0.348 e. The molecule has 0 aliphatic carbocycles. The van der Waals surface area contributed by atoms with E-state index in [9.17, 15) is 8.42 Å². The monoisotopic (exact) mass is 230 g/mol. The highest BCUT2D eigenvalue weighted by Crippen LogP contribution is 2.20. The summed E-state index contributed by atoms with van der Waals surface area (Å²) in [5.74, 6) is 0.475. The van der Waals surface area contributed by atoms with Gasteiger partial charge in [0, 0.05) is 17.9 Å². The fraction of sp³-hybridized carbons (Fsp3) is 0.600. The van der Waals surface area contributed by atoms with Crippen LogP contribution in [0.3, 0.4) is 0 Å². The molecule has 5 heteroatoms. The van der Waals surface area contributed by atoms with Gasteiger partial charge in [0.15, 0.2) is 0 Å². The Kier molecular flexibility index (Phi) is 3.25. The van der Waals surface area contributed by atoms with Crippen LogP contribution in [-0.4, -0.2) is 13.0 Å². The SMILES string of the molecule is Cc1cc(S(N)(=O)=O)c(C)n1CC(C)C. The van der Waals surface area contributed by atoms with Gasteiger partial charge in [0.25, 0.3) is 0 Å². The van der Waals surface area contributed by atoms with Crippen molar-refractivity contribution >= 4 is 10.0 Å². The third-order valence-electron chi connectivity index (χ3n) is 2.38. The number of sulfonamides is 1. The molecule has 0 fully saturated rings. The van der Waals surface area contributed by atoms with Gasteiger partial charge in [-0.25, -0.2) is 13.6 Å². The van der Waals surface area contributed by atoms with E-state index in [0.29, 0.717) is 5.92 Å². The Morgan fingerprint density at radius 2 is 1.93 bits per heavy atom. The molecule has 4 nitrogen and oxygen atoms in total. The average molecular weight is 230 g/mol. The number of primary sulfonamides is 1. The summed E-state index contributed by atoms with van der Waals surface area (Å²) in [4.78, 5) is 0.237. The molecular formula is C10H18N2O2S. The van der Waals surface area contributed by atoms with Gasteiger partial charge >= 0.3 is 0 Å². The summed E-state index contributed by atoms with van der Waals surface area (Å²) in [7, 11) is -3.59. The molecule has 1 heterocycles. The molecule has 0 saturated heterocycles. The van der Waals surface area contributed by atoms with Crippen LogP contribution in [0.1, 0.15) is 25.2 Å². The van der Waals surface area contributed by atoms with E-state index in [1.807, 2.05) is 11.5 Å². The van der Waals surface area contributed by atoms with Gasteiger partial charge in [-0.05, 0) is 25.8 Å². The molecule has 0 aliphatic heterocycles. The molecule has 0 aromatic carbocycles. The molecule has 2 N–H and O–H groups in total. The normalized spacial score (nSPS) is 12.4. The van der Waals surface area contributed by atoms with Gasteiger partial charge in [-0.3, -0.25) is 0 Å². The first kappa shape index (κ1) is 12.3. The molecule has 1 aromatic rings. The summed E-state index contributed by atoms with van der Waals surface area (Å²) in [6, 6.07) is 1.63. The van der Waals surface area contributed by atoms with E-state index in [1.165, 1.54) is 0 Å². The van der Waals surface area contributed by atoms with Gasteiger partial charge in [0.2, 0.25) is 10.0 Å². The van der Waals surface area contributed by atoms with Crippen molar-refractivity contribution in [3.8, 4) is 0 Å². The standard InChI is InChI=1S/C10H18N2O2S/c1-7(2)6-12-8(3)5-10(9(12)4)15(11,13)14/h5,7H,6H2,1-4H3,(H2,11,13,14). The number of nitrogens with zero attached hydrogens (tertiary/aromatic N) is 1. The van der Waals surface area contributed by atoms with Crippen molar-refractivity contribution in [1.82, 2.24) is 4.57 Å². The molecule has 15 heavy (non-hydrogen) atoms. The lowest BCUT2D eigenvalue weighted by molar-refractivity contribution is 0.506. The van der Waals surface area contributed by atoms with Crippen LogP contribution < -0.4 is 5.14 Å². The van der Waals surface area contributed by atoms with E-state index in [-0.39, 0.29) is 4.90 Å². The van der Waals surface area contributed by atoms with E-state index >= 15 is 0 Å². The van der Waals surface area contributed by atoms with Gasteiger partial charge in [0.05, 0.1) is 0 Å². The minimum atomic E-state index is -3.59. The average Bonchev–Trinajstić information content (AvgIpc) is 2.30. The molecule has 0 spiro atoms. The summed E-state index contributed by atoms with van der Waals surface area (Å²) in [6.45, 7) is 8.68. The fourth-order valence-corrected chi connectivity index (χ4v) is 2.56. The maximum absolute atomic E-state index is 11.3. The summed E-state index contributed by atoms with van der Waals surface area (Å²) < 4.78 is 24.5. The minimum absolute atomic E-state index is 0.237. The van der Waals surface area contributed by atoms with Crippen LogP contribution in [0.15, 0.2) is 11.0 Å². The highest BCUT2D eigenvalue weighted by molar-refractivity contribution is 7.89. The molecule has 0 amide bonds. The van der Waals surface area contributed by atoms with Crippen molar-refractivity contribution in [2.45, 2.75) is 39.1 Å². The fourth-order valence-electron chi connectivity index (χ4n) is 1.70. The zero-order valence-corrected chi connectivity index (χ0v) is 10.4. The van der Waals surface area contributed by atoms with Crippen LogP contribution in [0.2, 0.25) is 0 Å². The molecule has 0 unspecified atom stereocenters. The quantitative estimate of drug-likeness (QED) is 0.853. The highest BCUT2D eigenvalue weighted by atomic mass is 32.2.